The first kappa shape index (κ1) is 26.9. The monoisotopic (exact) mass is 452 g/mol. The van der Waals surface area contributed by atoms with Crippen molar-refractivity contribution in [2.24, 2.45) is 0 Å². The molecule has 1 nitrogen and oxygen atoms in total. The van der Waals surface area contributed by atoms with Gasteiger partial charge in [-0.1, -0.05) is 89.8 Å². The minimum absolute atomic E-state index is 0.930. The molecule has 4 aromatic rings. The van der Waals surface area contributed by atoms with E-state index in [0.717, 1.165) is 39.9 Å². The van der Waals surface area contributed by atoms with E-state index in [9.17, 15) is 0 Å². The van der Waals surface area contributed by atoms with Crippen molar-refractivity contribution >= 4 is 33.1 Å². The molecule has 1 heterocycles. The molecular weight excluding hydrogens is 412 g/mol. The van der Waals surface area contributed by atoms with E-state index in [2.05, 4.69) is 82.0 Å². The van der Waals surface area contributed by atoms with Crippen molar-refractivity contribution < 1.29 is 4.42 Å². The van der Waals surface area contributed by atoms with Crippen LogP contribution in [0, 0.1) is 6.92 Å². The Morgan fingerprint density at radius 3 is 2.29 bits per heavy atom. The van der Waals surface area contributed by atoms with Crippen molar-refractivity contribution in [3.05, 3.63) is 96.1 Å². The number of rotatable bonds is 5. The van der Waals surface area contributed by atoms with Gasteiger partial charge in [0.1, 0.15) is 11.2 Å². The topological polar surface area (TPSA) is 13.1 Å². The number of allylic oxidation sites excluding steroid dienone is 5. The van der Waals surface area contributed by atoms with E-state index in [0.29, 0.717) is 0 Å². The molecule has 0 aliphatic carbocycles. The minimum Gasteiger partial charge on any atom is -0.455 e. The standard InChI is InChI=1S/C29H28O.2C2H6/c1-6-10-19(3)22-16-23(20(4)11-7-2)18-24(17-22)25-15-14-21(5)28-26-12-8-9-13-27(26)30-29(25)28;2*1-2/h6,8-18H,3,7H2,1-2,4-5H3;2*1-2H3/b10-6-,20-11+;;. The molecule has 1 heteroatoms. The molecule has 0 atom stereocenters. The van der Waals surface area contributed by atoms with Gasteiger partial charge in [-0.3, -0.25) is 0 Å². The number of hydrogen-bond acceptors (Lipinski definition) is 1. The molecule has 0 bridgehead atoms. The van der Waals surface area contributed by atoms with Gasteiger partial charge in [0, 0.05) is 16.3 Å². The molecule has 3 aromatic carbocycles. The van der Waals surface area contributed by atoms with E-state index in [1.165, 1.54) is 27.5 Å². The van der Waals surface area contributed by atoms with Crippen molar-refractivity contribution in [2.75, 3.05) is 0 Å². The Morgan fingerprint density at radius 2 is 1.62 bits per heavy atom. The lowest BCUT2D eigenvalue weighted by Gasteiger charge is -2.12. The lowest BCUT2D eigenvalue weighted by Crippen LogP contribution is -1.90. The van der Waals surface area contributed by atoms with Crippen molar-refractivity contribution in [1.29, 1.82) is 0 Å². The van der Waals surface area contributed by atoms with Gasteiger partial charge < -0.3 is 4.42 Å². The van der Waals surface area contributed by atoms with Gasteiger partial charge >= 0.3 is 0 Å². The Bertz CT molecular complexity index is 1290. The van der Waals surface area contributed by atoms with Crippen LogP contribution in [-0.2, 0) is 0 Å². The zero-order valence-corrected chi connectivity index (χ0v) is 22.3. The predicted octanol–water partition coefficient (Wildman–Crippen LogP) is 11.0. The molecule has 178 valence electrons. The maximum atomic E-state index is 6.36. The van der Waals surface area contributed by atoms with E-state index >= 15 is 0 Å². The van der Waals surface area contributed by atoms with E-state index in [1.54, 1.807) is 0 Å². The second-order valence-corrected chi connectivity index (χ2v) is 7.85. The van der Waals surface area contributed by atoms with Crippen molar-refractivity contribution in [2.45, 2.75) is 61.8 Å². The Kier molecular flexibility index (Phi) is 10.1. The SMILES string of the molecule is C=C(/C=C\C)c1cc(/C(C)=C/CC)cc(-c2ccc(C)c3c2oc2ccccc23)c1.CC.CC. The summed E-state index contributed by atoms with van der Waals surface area (Å²) in [6.07, 6.45) is 7.38. The average molecular weight is 453 g/mol. The van der Waals surface area contributed by atoms with Gasteiger partial charge in [-0.05, 0) is 84.9 Å². The maximum absolute atomic E-state index is 6.36. The van der Waals surface area contributed by atoms with E-state index in [1.807, 2.05) is 52.8 Å². The van der Waals surface area contributed by atoms with Crippen molar-refractivity contribution in [1.82, 2.24) is 0 Å². The molecule has 0 amide bonds. The number of para-hydroxylation sites is 1. The minimum atomic E-state index is 0.930. The second kappa shape index (κ2) is 12.8. The van der Waals surface area contributed by atoms with E-state index in [4.69, 9.17) is 4.42 Å². The third-order valence-corrected chi connectivity index (χ3v) is 5.68. The molecule has 0 radical (unpaired) electrons. The van der Waals surface area contributed by atoms with Crippen LogP contribution in [0.5, 0.6) is 0 Å². The highest BCUT2D eigenvalue weighted by atomic mass is 16.3. The molecule has 0 unspecified atom stereocenters. The van der Waals surface area contributed by atoms with Gasteiger partial charge in [-0.15, -0.1) is 0 Å². The van der Waals surface area contributed by atoms with Gasteiger partial charge in [0.2, 0.25) is 0 Å². The second-order valence-electron chi connectivity index (χ2n) is 7.85. The van der Waals surface area contributed by atoms with Crippen LogP contribution in [-0.4, -0.2) is 0 Å². The van der Waals surface area contributed by atoms with Crippen LogP contribution in [0.3, 0.4) is 0 Å². The number of hydrogen-bond donors (Lipinski definition) is 0. The predicted molar refractivity (Wildman–Crippen MR) is 154 cm³/mol. The van der Waals surface area contributed by atoms with Crippen LogP contribution < -0.4 is 0 Å². The molecule has 0 aliphatic heterocycles. The van der Waals surface area contributed by atoms with Crippen LogP contribution in [0.1, 0.15) is 71.6 Å². The summed E-state index contributed by atoms with van der Waals surface area (Å²) >= 11 is 0. The lowest BCUT2D eigenvalue weighted by molar-refractivity contribution is 0.670. The zero-order valence-electron chi connectivity index (χ0n) is 22.3. The Hall–Kier alpha value is -3.32. The van der Waals surface area contributed by atoms with Crippen LogP contribution in [0.4, 0.5) is 0 Å². The largest absolute Gasteiger partial charge is 0.455 e. The quantitative estimate of drug-likeness (QED) is 0.274. The van der Waals surface area contributed by atoms with Crippen LogP contribution in [0.15, 0.2) is 83.8 Å². The number of benzene rings is 3. The van der Waals surface area contributed by atoms with E-state index in [-0.39, 0.29) is 0 Å². The summed E-state index contributed by atoms with van der Waals surface area (Å²) in [5, 5.41) is 2.37. The molecule has 4 rings (SSSR count). The molecule has 0 fully saturated rings. The summed E-state index contributed by atoms with van der Waals surface area (Å²) in [6, 6.07) is 19.4. The van der Waals surface area contributed by atoms with E-state index < -0.39 is 0 Å². The Morgan fingerprint density at radius 1 is 0.941 bits per heavy atom. The first-order valence-electron chi connectivity index (χ1n) is 12.6. The van der Waals surface area contributed by atoms with Gasteiger partial charge in [0.25, 0.3) is 0 Å². The summed E-state index contributed by atoms with van der Waals surface area (Å²) in [7, 11) is 0. The molecule has 1 aromatic heterocycles. The van der Waals surface area contributed by atoms with Crippen LogP contribution in [0.25, 0.3) is 44.2 Å². The van der Waals surface area contributed by atoms with Crippen molar-refractivity contribution in [3.63, 3.8) is 0 Å². The summed E-state index contributed by atoms with van der Waals surface area (Å²) in [4.78, 5) is 0. The maximum Gasteiger partial charge on any atom is 0.143 e. The first-order valence-corrected chi connectivity index (χ1v) is 12.6. The summed E-state index contributed by atoms with van der Waals surface area (Å²) in [5.41, 5.74) is 10.0. The van der Waals surface area contributed by atoms with Crippen LogP contribution in [0.2, 0.25) is 0 Å². The van der Waals surface area contributed by atoms with Gasteiger partial charge in [-0.25, -0.2) is 0 Å². The number of furan rings is 1. The Labute approximate surface area is 206 Å². The highest BCUT2D eigenvalue weighted by Crippen LogP contribution is 2.39. The molecule has 0 saturated carbocycles. The summed E-state index contributed by atoms with van der Waals surface area (Å²) in [5.74, 6) is 0. The Balaban J connectivity index is 0.000000970. The summed E-state index contributed by atoms with van der Waals surface area (Å²) < 4.78 is 6.36. The smallest absolute Gasteiger partial charge is 0.143 e. The van der Waals surface area contributed by atoms with Gasteiger partial charge in [0.15, 0.2) is 0 Å². The average Bonchev–Trinajstić information content (AvgIpc) is 3.27. The highest BCUT2D eigenvalue weighted by Gasteiger charge is 2.15. The fourth-order valence-corrected chi connectivity index (χ4v) is 4.14. The lowest BCUT2D eigenvalue weighted by atomic mass is 9.92. The van der Waals surface area contributed by atoms with Crippen LogP contribution >= 0.6 is 0 Å². The molecule has 0 N–H and O–H groups in total. The fourth-order valence-electron chi connectivity index (χ4n) is 4.14. The molecule has 0 saturated heterocycles. The third kappa shape index (κ3) is 5.59. The first-order chi connectivity index (χ1) is 16.5. The van der Waals surface area contributed by atoms with Gasteiger partial charge in [-0.2, -0.15) is 0 Å². The molecule has 34 heavy (non-hydrogen) atoms. The summed E-state index contributed by atoms with van der Waals surface area (Å²) in [6.45, 7) is 20.8. The molecule has 0 spiro atoms. The van der Waals surface area contributed by atoms with Crippen molar-refractivity contribution in [3.8, 4) is 11.1 Å². The normalized spacial score (nSPS) is 11.2. The fraction of sp³-hybridized carbons (Fsp3) is 0.273. The zero-order chi connectivity index (χ0) is 25.3. The number of fused-ring (bicyclic) bond motifs is 3. The third-order valence-electron chi connectivity index (χ3n) is 5.68. The van der Waals surface area contributed by atoms with Gasteiger partial charge in [0.05, 0.1) is 0 Å². The highest BCUT2D eigenvalue weighted by molar-refractivity contribution is 6.11. The molecular formula is C33H40O. The number of aryl methyl sites for hydroxylation is 1. The molecule has 0 aliphatic rings.